The average Bonchev–Trinajstić information content (AvgIpc) is 3.05. The van der Waals surface area contributed by atoms with E-state index in [1.54, 1.807) is 9.36 Å². The third kappa shape index (κ3) is 3.88. The van der Waals surface area contributed by atoms with Crippen LogP contribution in [-0.2, 0) is 29.5 Å². The van der Waals surface area contributed by atoms with E-state index < -0.39 is 6.29 Å². The SMILES string of the molecule is CCOC(OCC)c1cn(CCc2cnn(C)c2)nn1. The Labute approximate surface area is 118 Å². The number of ether oxygens (including phenoxy) is 2. The molecule has 0 radical (unpaired) electrons. The smallest absolute Gasteiger partial charge is 0.204 e. The van der Waals surface area contributed by atoms with Crippen LogP contribution in [0.4, 0.5) is 0 Å². The molecule has 0 atom stereocenters. The lowest BCUT2D eigenvalue weighted by atomic mass is 10.2. The van der Waals surface area contributed by atoms with Crippen LogP contribution in [0.2, 0.25) is 0 Å². The largest absolute Gasteiger partial charge is 0.347 e. The van der Waals surface area contributed by atoms with Crippen molar-refractivity contribution in [3.8, 4) is 0 Å². The van der Waals surface area contributed by atoms with Crippen LogP contribution in [0.1, 0.15) is 31.4 Å². The van der Waals surface area contributed by atoms with E-state index in [4.69, 9.17) is 9.47 Å². The Balaban J connectivity index is 1.93. The predicted octanol–water partition coefficient (Wildman–Crippen LogP) is 1.33. The summed E-state index contributed by atoms with van der Waals surface area (Å²) in [5, 5.41) is 12.4. The summed E-state index contributed by atoms with van der Waals surface area (Å²) < 4.78 is 14.6. The highest BCUT2D eigenvalue weighted by molar-refractivity contribution is 5.03. The van der Waals surface area contributed by atoms with Crippen molar-refractivity contribution < 1.29 is 9.47 Å². The van der Waals surface area contributed by atoms with Crippen molar-refractivity contribution in [3.05, 3.63) is 29.8 Å². The molecule has 0 spiro atoms. The van der Waals surface area contributed by atoms with Crippen molar-refractivity contribution in [3.63, 3.8) is 0 Å². The van der Waals surface area contributed by atoms with Crippen molar-refractivity contribution in [2.75, 3.05) is 13.2 Å². The number of hydrogen-bond acceptors (Lipinski definition) is 5. The molecule has 0 saturated heterocycles. The minimum absolute atomic E-state index is 0.433. The van der Waals surface area contributed by atoms with Gasteiger partial charge in [0.15, 0.2) is 0 Å². The topological polar surface area (TPSA) is 67.0 Å². The van der Waals surface area contributed by atoms with Gasteiger partial charge in [-0.3, -0.25) is 9.36 Å². The van der Waals surface area contributed by atoms with E-state index in [2.05, 4.69) is 15.4 Å². The Morgan fingerprint density at radius 3 is 2.55 bits per heavy atom. The van der Waals surface area contributed by atoms with Crippen LogP contribution in [0.5, 0.6) is 0 Å². The Hall–Kier alpha value is -1.73. The van der Waals surface area contributed by atoms with Crippen LogP contribution in [0.3, 0.4) is 0 Å². The van der Waals surface area contributed by atoms with E-state index in [1.165, 1.54) is 5.56 Å². The van der Waals surface area contributed by atoms with Gasteiger partial charge >= 0.3 is 0 Å². The summed E-state index contributed by atoms with van der Waals surface area (Å²) in [5.41, 5.74) is 1.88. The van der Waals surface area contributed by atoms with E-state index in [0.29, 0.717) is 18.9 Å². The normalized spacial score (nSPS) is 11.4. The molecule has 110 valence electrons. The molecule has 20 heavy (non-hydrogen) atoms. The molecular formula is C13H21N5O2. The molecule has 0 N–H and O–H groups in total. The molecule has 0 unspecified atom stereocenters. The standard InChI is InChI=1S/C13H21N5O2/c1-4-19-13(20-5-2)12-10-18(16-15-12)7-6-11-8-14-17(3)9-11/h8-10,13H,4-7H2,1-3H3. The second-order valence-corrected chi connectivity index (χ2v) is 4.42. The molecule has 7 nitrogen and oxygen atoms in total. The monoisotopic (exact) mass is 279 g/mol. The van der Waals surface area contributed by atoms with Crippen molar-refractivity contribution in [1.29, 1.82) is 0 Å². The van der Waals surface area contributed by atoms with Gasteiger partial charge in [-0.05, 0) is 25.8 Å². The van der Waals surface area contributed by atoms with Gasteiger partial charge in [0.1, 0.15) is 5.69 Å². The maximum atomic E-state index is 5.50. The van der Waals surface area contributed by atoms with Gasteiger partial charge in [0, 0.05) is 33.0 Å². The molecule has 0 fully saturated rings. The maximum absolute atomic E-state index is 5.50. The van der Waals surface area contributed by atoms with Gasteiger partial charge in [0.25, 0.3) is 0 Å². The zero-order valence-corrected chi connectivity index (χ0v) is 12.2. The summed E-state index contributed by atoms with van der Waals surface area (Å²) >= 11 is 0. The third-order valence-corrected chi connectivity index (χ3v) is 2.82. The summed E-state index contributed by atoms with van der Waals surface area (Å²) in [5.74, 6) is 0. The van der Waals surface area contributed by atoms with Gasteiger partial charge in [-0.1, -0.05) is 5.21 Å². The molecule has 0 bridgehead atoms. The summed E-state index contributed by atoms with van der Waals surface area (Å²) in [6.07, 6.45) is 6.16. The van der Waals surface area contributed by atoms with Crippen LogP contribution in [0.15, 0.2) is 18.6 Å². The third-order valence-electron chi connectivity index (χ3n) is 2.82. The fraction of sp³-hybridized carbons (Fsp3) is 0.615. The molecule has 0 aromatic carbocycles. The van der Waals surface area contributed by atoms with Crippen molar-refractivity contribution >= 4 is 0 Å². The van der Waals surface area contributed by atoms with Gasteiger partial charge in [0.05, 0.1) is 12.4 Å². The molecular weight excluding hydrogens is 258 g/mol. The average molecular weight is 279 g/mol. The van der Waals surface area contributed by atoms with Crippen LogP contribution in [0.25, 0.3) is 0 Å². The zero-order chi connectivity index (χ0) is 14.4. The predicted molar refractivity (Wildman–Crippen MR) is 72.9 cm³/mol. The maximum Gasteiger partial charge on any atom is 0.204 e. The van der Waals surface area contributed by atoms with E-state index in [0.717, 1.165) is 13.0 Å². The van der Waals surface area contributed by atoms with Gasteiger partial charge in [-0.15, -0.1) is 5.10 Å². The zero-order valence-electron chi connectivity index (χ0n) is 12.2. The number of hydrogen-bond donors (Lipinski definition) is 0. The second kappa shape index (κ2) is 7.16. The second-order valence-electron chi connectivity index (χ2n) is 4.42. The molecule has 0 saturated carbocycles. The van der Waals surface area contributed by atoms with Gasteiger partial charge in [-0.25, -0.2) is 0 Å². The minimum Gasteiger partial charge on any atom is -0.347 e. The van der Waals surface area contributed by atoms with Crippen molar-refractivity contribution in [1.82, 2.24) is 24.8 Å². The first-order valence-electron chi connectivity index (χ1n) is 6.83. The summed E-state index contributed by atoms with van der Waals surface area (Å²) in [4.78, 5) is 0. The quantitative estimate of drug-likeness (QED) is 0.682. The molecule has 2 aromatic heterocycles. The number of aromatic nitrogens is 5. The molecule has 0 aliphatic rings. The van der Waals surface area contributed by atoms with Crippen LogP contribution < -0.4 is 0 Å². The Kier molecular flexibility index (Phi) is 5.25. The molecule has 2 rings (SSSR count). The Morgan fingerprint density at radius 1 is 1.20 bits per heavy atom. The van der Waals surface area contributed by atoms with Gasteiger partial charge in [-0.2, -0.15) is 5.10 Å². The Bertz CT molecular complexity index is 516. The first-order valence-corrected chi connectivity index (χ1v) is 6.83. The molecule has 2 heterocycles. The first kappa shape index (κ1) is 14.7. The summed E-state index contributed by atoms with van der Waals surface area (Å²) in [7, 11) is 1.91. The van der Waals surface area contributed by atoms with Crippen molar-refractivity contribution in [2.24, 2.45) is 7.05 Å². The van der Waals surface area contributed by atoms with Crippen molar-refractivity contribution in [2.45, 2.75) is 33.1 Å². The lowest BCUT2D eigenvalue weighted by molar-refractivity contribution is -0.142. The van der Waals surface area contributed by atoms with E-state index in [9.17, 15) is 0 Å². The molecule has 0 aliphatic carbocycles. The highest BCUT2D eigenvalue weighted by Crippen LogP contribution is 2.15. The lowest BCUT2D eigenvalue weighted by Gasteiger charge is -2.13. The first-order chi connectivity index (χ1) is 9.72. The van der Waals surface area contributed by atoms with Crippen LogP contribution >= 0.6 is 0 Å². The number of rotatable bonds is 8. The number of aryl methyl sites for hydroxylation is 3. The fourth-order valence-corrected chi connectivity index (χ4v) is 1.90. The Morgan fingerprint density at radius 2 is 1.95 bits per heavy atom. The molecule has 0 amide bonds. The molecule has 2 aromatic rings. The van der Waals surface area contributed by atoms with Crippen LogP contribution in [-0.4, -0.2) is 38.0 Å². The van der Waals surface area contributed by atoms with Gasteiger partial charge in [0.2, 0.25) is 6.29 Å². The fourth-order valence-electron chi connectivity index (χ4n) is 1.90. The highest BCUT2D eigenvalue weighted by atomic mass is 16.7. The number of nitrogens with zero attached hydrogens (tertiary/aromatic N) is 5. The molecule has 0 aliphatic heterocycles. The highest BCUT2D eigenvalue weighted by Gasteiger charge is 2.15. The summed E-state index contributed by atoms with van der Waals surface area (Å²) in [6.45, 7) is 5.77. The summed E-state index contributed by atoms with van der Waals surface area (Å²) in [6, 6.07) is 0. The van der Waals surface area contributed by atoms with E-state index in [1.807, 2.05) is 39.5 Å². The minimum atomic E-state index is -0.433. The van der Waals surface area contributed by atoms with E-state index >= 15 is 0 Å². The lowest BCUT2D eigenvalue weighted by Crippen LogP contribution is -2.09. The van der Waals surface area contributed by atoms with Crippen LogP contribution in [0, 0.1) is 0 Å². The van der Waals surface area contributed by atoms with E-state index in [-0.39, 0.29) is 0 Å². The van der Waals surface area contributed by atoms with Gasteiger partial charge < -0.3 is 9.47 Å². The molecule has 7 heteroatoms.